The second kappa shape index (κ2) is 8.95. The first-order chi connectivity index (χ1) is 16.5. The summed E-state index contributed by atoms with van der Waals surface area (Å²) in [6.07, 6.45) is 1.48. The molecule has 0 saturated heterocycles. The third-order valence-corrected chi connectivity index (χ3v) is 5.49. The lowest BCUT2D eigenvalue weighted by Gasteiger charge is -2.07. The van der Waals surface area contributed by atoms with Crippen molar-refractivity contribution in [3.8, 4) is 17.3 Å². The molecule has 0 amide bonds. The van der Waals surface area contributed by atoms with E-state index in [9.17, 15) is 9.59 Å². The topological polar surface area (TPSA) is 107 Å². The second-order valence-electron chi connectivity index (χ2n) is 7.36. The zero-order chi connectivity index (χ0) is 23.7. The van der Waals surface area contributed by atoms with Crippen molar-refractivity contribution in [1.82, 2.24) is 9.66 Å². The molecule has 2 aromatic heterocycles. The molecule has 3 aromatic carbocycles. The highest BCUT2D eigenvalue weighted by Gasteiger charge is 2.16. The van der Waals surface area contributed by atoms with Crippen LogP contribution in [0.3, 0.4) is 0 Å². The van der Waals surface area contributed by atoms with E-state index in [2.05, 4.69) is 26.0 Å². The van der Waals surface area contributed by atoms with Gasteiger partial charge in [-0.25, -0.2) is 9.78 Å². The number of ether oxygens (including phenoxy) is 1. The van der Waals surface area contributed by atoms with Crippen molar-refractivity contribution in [2.75, 3.05) is 6.61 Å². The molecular weight excluding hydrogens is 502 g/mol. The van der Waals surface area contributed by atoms with Gasteiger partial charge in [-0.3, -0.25) is 4.79 Å². The molecule has 0 atom stereocenters. The molecule has 1 N–H and O–H groups in total. The largest absolute Gasteiger partial charge is 0.482 e. The van der Waals surface area contributed by atoms with Gasteiger partial charge in [0, 0.05) is 9.86 Å². The van der Waals surface area contributed by atoms with Crippen molar-refractivity contribution in [1.29, 1.82) is 0 Å². The van der Waals surface area contributed by atoms with Gasteiger partial charge in [0.1, 0.15) is 11.3 Å². The maximum Gasteiger partial charge on any atom is 0.341 e. The van der Waals surface area contributed by atoms with Crippen LogP contribution < -0.4 is 10.3 Å². The predicted molar refractivity (Wildman–Crippen MR) is 131 cm³/mol. The van der Waals surface area contributed by atoms with E-state index in [1.54, 1.807) is 42.5 Å². The molecule has 0 spiro atoms. The molecule has 2 heterocycles. The highest BCUT2D eigenvalue weighted by atomic mass is 79.9. The van der Waals surface area contributed by atoms with Crippen LogP contribution in [0.15, 0.2) is 91.6 Å². The van der Waals surface area contributed by atoms with Crippen molar-refractivity contribution in [3.05, 3.63) is 93.2 Å². The summed E-state index contributed by atoms with van der Waals surface area (Å²) in [5, 5.41) is 14.5. The number of hydrogen-bond donors (Lipinski definition) is 1. The summed E-state index contributed by atoms with van der Waals surface area (Å²) in [4.78, 5) is 28.7. The summed E-state index contributed by atoms with van der Waals surface area (Å²) in [5.41, 5.74) is 1.44. The van der Waals surface area contributed by atoms with E-state index in [0.29, 0.717) is 33.6 Å². The molecule has 34 heavy (non-hydrogen) atoms. The summed E-state index contributed by atoms with van der Waals surface area (Å²) in [5.74, 6) is -0.0500. The molecule has 0 radical (unpaired) electrons. The molecule has 5 aromatic rings. The zero-order valence-electron chi connectivity index (χ0n) is 17.5. The third kappa shape index (κ3) is 4.33. The molecule has 9 heteroatoms. The number of aliphatic carboxylic acids is 1. The molecule has 5 rings (SSSR count). The Morgan fingerprint density at radius 3 is 2.82 bits per heavy atom. The summed E-state index contributed by atoms with van der Waals surface area (Å²) in [6, 6.07) is 21.2. The van der Waals surface area contributed by atoms with E-state index in [4.69, 9.17) is 14.3 Å². The summed E-state index contributed by atoms with van der Waals surface area (Å²) in [6.45, 7) is -0.457. The SMILES string of the molecule is O=C(O)COc1cccc(C=Nn2c(-c3cc4cc(Br)ccc4o3)nc3ccccc3c2=O)c1. The highest BCUT2D eigenvalue weighted by molar-refractivity contribution is 9.10. The lowest BCUT2D eigenvalue weighted by atomic mass is 10.2. The van der Waals surface area contributed by atoms with Crippen LogP contribution in [-0.2, 0) is 4.79 Å². The van der Waals surface area contributed by atoms with Crippen molar-refractivity contribution in [3.63, 3.8) is 0 Å². The number of furan rings is 1. The molecule has 8 nitrogen and oxygen atoms in total. The molecule has 0 aliphatic carbocycles. The Labute approximate surface area is 200 Å². The van der Waals surface area contributed by atoms with Crippen molar-refractivity contribution < 1.29 is 19.1 Å². The number of para-hydroxylation sites is 1. The minimum atomic E-state index is -1.07. The average Bonchev–Trinajstić information content (AvgIpc) is 3.25. The van der Waals surface area contributed by atoms with Gasteiger partial charge in [-0.1, -0.05) is 40.2 Å². The van der Waals surface area contributed by atoms with Gasteiger partial charge in [-0.2, -0.15) is 9.78 Å². The summed E-state index contributed by atoms with van der Waals surface area (Å²) in [7, 11) is 0. The quantitative estimate of drug-likeness (QED) is 0.320. The fourth-order valence-corrected chi connectivity index (χ4v) is 3.85. The second-order valence-corrected chi connectivity index (χ2v) is 8.28. The molecule has 0 saturated carbocycles. The van der Waals surface area contributed by atoms with Crippen LogP contribution in [0.4, 0.5) is 0 Å². The van der Waals surface area contributed by atoms with Crippen LogP contribution in [0.25, 0.3) is 33.5 Å². The van der Waals surface area contributed by atoms with Gasteiger partial charge in [0.2, 0.25) is 5.82 Å². The average molecular weight is 518 g/mol. The predicted octanol–water partition coefficient (Wildman–Crippen LogP) is 4.92. The minimum absolute atomic E-state index is 0.255. The number of aromatic nitrogens is 2. The summed E-state index contributed by atoms with van der Waals surface area (Å²) >= 11 is 3.45. The number of halogens is 1. The van der Waals surface area contributed by atoms with Crippen molar-refractivity contribution in [2.45, 2.75) is 0 Å². The number of hydrogen-bond acceptors (Lipinski definition) is 6. The van der Waals surface area contributed by atoms with Crippen LogP contribution in [-0.4, -0.2) is 33.6 Å². The Morgan fingerprint density at radius 1 is 1.12 bits per heavy atom. The Balaban J connectivity index is 1.62. The number of carboxylic acids is 1. The van der Waals surface area contributed by atoms with E-state index in [-0.39, 0.29) is 11.4 Å². The Morgan fingerprint density at radius 2 is 1.97 bits per heavy atom. The van der Waals surface area contributed by atoms with Crippen LogP contribution in [0, 0.1) is 0 Å². The Bertz CT molecular complexity index is 1640. The molecule has 0 fully saturated rings. The number of fused-ring (bicyclic) bond motifs is 2. The number of rotatable bonds is 6. The first kappa shape index (κ1) is 21.6. The van der Waals surface area contributed by atoms with E-state index < -0.39 is 12.6 Å². The van der Waals surface area contributed by atoms with Gasteiger partial charge in [0.25, 0.3) is 5.56 Å². The van der Waals surface area contributed by atoms with E-state index in [0.717, 1.165) is 9.86 Å². The maximum atomic E-state index is 13.3. The molecule has 0 aliphatic rings. The molecule has 0 aliphatic heterocycles. The lowest BCUT2D eigenvalue weighted by Crippen LogP contribution is -2.20. The molecule has 0 bridgehead atoms. The first-order valence-corrected chi connectivity index (χ1v) is 11.0. The standard InChI is InChI=1S/C25H16BrN3O5/c26-17-8-9-21-16(11-17)12-22(34-21)24-28-20-7-2-1-6-19(20)25(32)29(24)27-13-15-4-3-5-18(10-15)33-14-23(30)31/h1-13H,14H2,(H,30,31). The molecular formula is C25H16BrN3O5. The van der Waals surface area contributed by atoms with Gasteiger partial charge < -0.3 is 14.3 Å². The first-order valence-electron chi connectivity index (χ1n) is 10.2. The Kier molecular flexibility index (Phi) is 5.69. The lowest BCUT2D eigenvalue weighted by molar-refractivity contribution is -0.139. The highest BCUT2D eigenvalue weighted by Crippen LogP contribution is 2.29. The Hall–Kier alpha value is -4.24. The van der Waals surface area contributed by atoms with Crippen molar-refractivity contribution >= 4 is 50.0 Å². The molecule has 168 valence electrons. The van der Waals surface area contributed by atoms with Gasteiger partial charge in [-0.05, 0) is 54.1 Å². The van der Waals surface area contributed by atoms with Gasteiger partial charge in [-0.15, -0.1) is 0 Å². The van der Waals surface area contributed by atoms with Crippen LogP contribution in [0.5, 0.6) is 5.75 Å². The monoisotopic (exact) mass is 517 g/mol. The van der Waals surface area contributed by atoms with E-state index >= 15 is 0 Å². The number of nitrogens with zero attached hydrogens (tertiary/aromatic N) is 3. The van der Waals surface area contributed by atoms with Gasteiger partial charge >= 0.3 is 5.97 Å². The normalized spacial score (nSPS) is 11.4. The van der Waals surface area contributed by atoms with E-state index in [1.165, 1.54) is 10.9 Å². The fraction of sp³-hybridized carbons (Fsp3) is 0.0400. The fourth-order valence-electron chi connectivity index (χ4n) is 3.47. The maximum absolute atomic E-state index is 13.3. The number of carboxylic acid groups (broad SMARTS) is 1. The third-order valence-electron chi connectivity index (χ3n) is 5.00. The van der Waals surface area contributed by atoms with Gasteiger partial charge in [0.05, 0.1) is 17.1 Å². The van der Waals surface area contributed by atoms with Crippen LogP contribution >= 0.6 is 15.9 Å². The smallest absolute Gasteiger partial charge is 0.341 e. The zero-order valence-corrected chi connectivity index (χ0v) is 19.1. The van der Waals surface area contributed by atoms with Crippen molar-refractivity contribution in [2.24, 2.45) is 5.10 Å². The summed E-state index contributed by atoms with van der Waals surface area (Å²) < 4.78 is 13.3. The van der Waals surface area contributed by atoms with Crippen LogP contribution in [0.2, 0.25) is 0 Å². The number of benzene rings is 3. The molecule has 0 unspecified atom stereocenters. The van der Waals surface area contributed by atoms with Crippen LogP contribution in [0.1, 0.15) is 5.56 Å². The minimum Gasteiger partial charge on any atom is -0.482 e. The number of carbonyl (C=O) groups is 1. The van der Waals surface area contributed by atoms with E-state index in [1.807, 2.05) is 30.3 Å². The van der Waals surface area contributed by atoms with Gasteiger partial charge in [0.15, 0.2) is 12.4 Å².